The maximum Gasteiger partial charge on any atom is 0.285 e. The Balaban J connectivity index is 0.00000196. The molecule has 0 amide bonds. The second kappa shape index (κ2) is 8.07. The average molecular weight is 365 g/mol. The first-order valence-corrected chi connectivity index (χ1v) is 8.47. The van der Waals surface area contributed by atoms with Crippen LogP contribution >= 0.6 is 12.4 Å². The normalized spacial score (nSPS) is 12.2. The third-order valence-corrected chi connectivity index (χ3v) is 4.55. The standard InChI is InChI=1S/C22H20N2O.ClH/c23-22(25-16-17-8-2-1-3-9-17)24-14-18-10-4-6-12-20(18)21-13-7-5-11-19(21)15-24;/h1-13,23H,14-16H2;1H. The van der Waals surface area contributed by atoms with Gasteiger partial charge in [-0.2, -0.15) is 0 Å². The summed E-state index contributed by atoms with van der Waals surface area (Å²) in [6.07, 6.45) is 0. The molecule has 132 valence electrons. The predicted octanol–water partition coefficient (Wildman–Crippen LogP) is 5.24. The molecule has 0 radical (unpaired) electrons. The Hall–Kier alpha value is -2.78. The number of hydrogen-bond acceptors (Lipinski definition) is 2. The lowest BCUT2D eigenvalue weighted by Gasteiger charge is -2.23. The molecular weight excluding hydrogens is 344 g/mol. The van der Waals surface area contributed by atoms with Crippen molar-refractivity contribution in [3.8, 4) is 11.1 Å². The zero-order valence-corrected chi connectivity index (χ0v) is 15.2. The Labute approximate surface area is 160 Å². The van der Waals surface area contributed by atoms with E-state index in [1.807, 2.05) is 35.2 Å². The molecular formula is C22H21ClN2O. The van der Waals surface area contributed by atoms with Crippen LogP contribution in [0.4, 0.5) is 0 Å². The van der Waals surface area contributed by atoms with E-state index in [4.69, 9.17) is 10.1 Å². The second-order valence-electron chi connectivity index (χ2n) is 6.25. The van der Waals surface area contributed by atoms with E-state index in [-0.39, 0.29) is 18.4 Å². The van der Waals surface area contributed by atoms with Crippen molar-refractivity contribution in [1.82, 2.24) is 4.90 Å². The summed E-state index contributed by atoms with van der Waals surface area (Å²) >= 11 is 0. The molecule has 0 aromatic heterocycles. The first-order chi connectivity index (χ1) is 12.3. The second-order valence-corrected chi connectivity index (χ2v) is 6.25. The number of fused-ring (bicyclic) bond motifs is 3. The summed E-state index contributed by atoms with van der Waals surface area (Å²) in [6, 6.07) is 27.0. The molecule has 0 spiro atoms. The molecule has 26 heavy (non-hydrogen) atoms. The summed E-state index contributed by atoms with van der Waals surface area (Å²) in [6.45, 7) is 1.77. The summed E-state index contributed by atoms with van der Waals surface area (Å²) in [5.41, 5.74) is 6.01. The highest BCUT2D eigenvalue weighted by molar-refractivity contribution is 5.85. The fraction of sp³-hybridized carbons (Fsp3) is 0.136. The van der Waals surface area contributed by atoms with Gasteiger partial charge in [-0.25, -0.2) is 0 Å². The molecule has 3 aromatic rings. The Morgan fingerprint density at radius 1 is 0.769 bits per heavy atom. The van der Waals surface area contributed by atoms with Crippen LogP contribution in [0.1, 0.15) is 16.7 Å². The Morgan fingerprint density at radius 3 is 1.85 bits per heavy atom. The van der Waals surface area contributed by atoms with Crippen molar-refractivity contribution in [2.45, 2.75) is 19.7 Å². The molecule has 1 heterocycles. The molecule has 1 aliphatic heterocycles. The molecule has 1 aliphatic rings. The van der Waals surface area contributed by atoms with Gasteiger partial charge in [-0.3, -0.25) is 5.41 Å². The first kappa shape index (κ1) is 18.0. The molecule has 0 unspecified atom stereocenters. The van der Waals surface area contributed by atoms with Crippen molar-refractivity contribution < 1.29 is 4.74 Å². The van der Waals surface area contributed by atoms with E-state index in [0.717, 1.165) is 5.56 Å². The van der Waals surface area contributed by atoms with Crippen LogP contribution in [0.25, 0.3) is 11.1 Å². The van der Waals surface area contributed by atoms with Gasteiger partial charge in [-0.05, 0) is 27.8 Å². The fourth-order valence-electron chi connectivity index (χ4n) is 3.27. The number of benzene rings is 3. The summed E-state index contributed by atoms with van der Waals surface area (Å²) in [7, 11) is 0. The van der Waals surface area contributed by atoms with Gasteiger partial charge in [0.2, 0.25) is 0 Å². The van der Waals surface area contributed by atoms with E-state index in [2.05, 4.69) is 48.5 Å². The van der Waals surface area contributed by atoms with Crippen molar-refractivity contribution in [2.24, 2.45) is 0 Å². The van der Waals surface area contributed by atoms with Gasteiger partial charge in [0.25, 0.3) is 6.02 Å². The summed E-state index contributed by atoms with van der Waals surface area (Å²) in [5, 5.41) is 8.42. The summed E-state index contributed by atoms with van der Waals surface area (Å²) < 4.78 is 5.76. The first-order valence-electron chi connectivity index (χ1n) is 8.47. The van der Waals surface area contributed by atoms with Crippen molar-refractivity contribution >= 4 is 18.4 Å². The highest BCUT2D eigenvalue weighted by Crippen LogP contribution is 2.32. The van der Waals surface area contributed by atoms with E-state index in [0.29, 0.717) is 19.7 Å². The van der Waals surface area contributed by atoms with E-state index in [1.165, 1.54) is 22.3 Å². The number of amidine groups is 1. The van der Waals surface area contributed by atoms with Crippen LogP contribution in [-0.2, 0) is 24.4 Å². The van der Waals surface area contributed by atoms with Gasteiger partial charge in [-0.1, -0.05) is 78.9 Å². The molecule has 0 saturated carbocycles. The zero-order chi connectivity index (χ0) is 17.1. The van der Waals surface area contributed by atoms with Crippen molar-refractivity contribution in [3.63, 3.8) is 0 Å². The molecule has 0 aliphatic carbocycles. The maximum atomic E-state index is 8.42. The summed E-state index contributed by atoms with van der Waals surface area (Å²) in [4.78, 5) is 1.99. The van der Waals surface area contributed by atoms with Gasteiger partial charge < -0.3 is 9.64 Å². The van der Waals surface area contributed by atoms with Crippen LogP contribution in [0, 0.1) is 5.41 Å². The van der Waals surface area contributed by atoms with Crippen LogP contribution in [0.5, 0.6) is 0 Å². The number of halogens is 1. The molecule has 0 bridgehead atoms. The van der Waals surface area contributed by atoms with Crippen LogP contribution in [-0.4, -0.2) is 10.9 Å². The number of rotatable bonds is 2. The molecule has 1 N–H and O–H groups in total. The van der Waals surface area contributed by atoms with Crippen LogP contribution in [0.2, 0.25) is 0 Å². The molecule has 0 atom stereocenters. The molecule has 0 fully saturated rings. The monoisotopic (exact) mass is 364 g/mol. The largest absolute Gasteiger partial charge is 0.460 e. The minimum Gasteiger partial charge on any atom is -0.460 e. The van der Waals surface area contributed by atoms with Crippen LogP contribution in [0.15, 0.2) is 78.9 Å². The molecule has 0 saturated heterocycles. The lowest BCUT2D eigenvalue weighted by Crippen LogP contribution is -2.30. The van der Waals surface area contributed by atoms with E-state index >= 15 is 0 Å². The Morgan fingerprint density at radius 2 is 1.27 bits per heavy atom. The number of nitrogens with zero attached hydrogens (tertiary/aromatic N) is 1. The minimum absolute atomic E-state index is 0. The summed E-state index contributed by atoms with van der Waals surface area (Å²) in [5.74, 6) is 0. The maximum absolute atomic E-state index is 8.42. The zero-order valence-electron chi connectivity index (χ0n) is 14.4. The van der Waals surface area contributed by atoms with Gasteiger partial charge in [0.05, 0.1) is 0 Å². The lowest BCUT2D eigenvalue weighted by atomic mass is 9.97. The smallest absolute Gasteiger partial charge is 0.285 e. The average Bonchev–Trinajstić information content (AvgIpc) is 2.84. The highest BCUT2D eigenvalue weighted by Gasteiger charge is 2.21. The highest BCUT2D eigenvalue weighted by atomic mass is 35.5. The topological polar surface area (TPSA) is 36.3 Å². The number of ether oxygens (including phenoxy) is 1. The van der Waals surface area contributed by atoms with Gasteiger partial charge in [0.15, 0.2) is 0 Å². The number of nitrogens with one attached hydrogen (secondary N) is 1. The number of hydrogen-bond donors (Lipinski definition) is 1. The van der Waals surface area contributed by atoms with E-state index < -0.39 is 0 Å². The van der Waals surface area contributed by atoms with E-state index in [9.17, 15) is 0 Å². The minimum atomic E-state index is 0. The SMILES string of the molecule is Cl.N=C(OCc1ccccc1)N1Cc2ccccc2-c2ccccc2C1. The van der Waals surface area contributed by atoms with Crippen molar-refractivity contribution in [2.75, 3.05) is 0 Å². The molecule has 4 rings (SSSR count). The molecule has 4 heteroatoms. The predicted molar refractivity (Wildman–Crippen MR) is 107 cm³/mol. The third-order valence-electron chi connectivity index (χ3n) is 4.55. The van der Waals surface area contributed by atoms with Crippen LogP contribution < -0.4 is 0 Å². The molecule has 3 nitrogen and oxygen atoms in total. The van der Waals surface area contributed by atoms with E-state index in [1.54, 1.807) is 0 Å². The molecule has 3 aromatic carbocycles. The third kappa shape index (κ3) is 3.73. The van der Waals surface area contributed by atoms with Crippen molar-refractivity contribution in [1.29, 1.82) is 5.41 Å². The Bertz CT molecular complexity index is 848. The fourth-order valence-corrected chi connectivity index (χ4v) is 3.27. The van der Waals surface area contributed by atoms with Crippen molar-refractivity contribution in [3.05, 3.63) is 95.6 Å². The van der Waals surface area contributed by atoms with Gasteiger partial charge in [-0.15, -0.1) is 12.4 Å². The quantitative estimate of drug-likeness (QED) is 0.498. The van der Waals surface area contributed by atoms with Crippen LogP contribution in [0.3, 0.4) is 0 Å². The Kier molecular flexibility index (Phi) is 5.59. The van der Waals surface area contributed by atoms with Gasteiger partial charge in [0, 0.05) is 13.1 Å². The van der Waals surface area contributed by atoms with Gasteiger partial charge >= 0.3 is 0 Å². The van der Waals surface area contributed by atoms with Gasteiger partial charge in [0.1, 0.15) is 6.61 Å². The lowest BCUT2D eigenvalue weighted by molar-refractivity contribution is 0.210.